The Kier molecular flexibility index (Phi) is 4.30. The quantitative estimate of drug-likeness (QED) is 0.535. The topological polar surface area (TPSA) is 123 Å². The number of ether oxygens (including phenoxy) is 1. The molecule has 0 spiro atoms. The van der Waals surface area contributed by atoms with E-state index in [1.807, 2.05) is 28.9 Å². The van der Waals surface area contributed by atoms with Gasteiger partial charge >= 0.3 is 0 Å². The highest BCUT2D eigenvalue weighted by atomic mass is 16.5. The molecule has 4 aromatic rings. The van der Waals surface area contributed by atoms with Gasteiger partial charge in [-0.3, -0.25) is 9.48 Å². The second-order valence-corrected chi connectivity index (χ2v) is 7.09. The maximum absolute atomic E-state index is 12.2. The number of aromatic nitrogens is 4. The molecule has 3 heterocycles. The van der Waals surface area contributed by atoms with E-state index in [2.05, 4.69) is 21.4 Å². The predicted molar refractivity (Wildman–Crippen MR) is 112 cm³/mol. The maximum atomic E-state index is 12.2. The summed E-state index contributed by atoms with van der Waals surface area (Å²) in [6, 6.07) is 13.3. The molecule has 8 heteroatoms. The maximum Gasteiger partial charge on any atom is 0.272 e. The Bertz CT molecular complexity index is 1380. The van der Waals surface area contributed by atoms with Gasteiger partial charge < -0.3 is 10.5 Å². The highest BCUT2D eigenvalue weighted by Gasteiger charge is 2.23. The summed E-state index contributed by atoms with van der Waals surface area (Å²) in [6.45, 7) is 1.44. The first-order chi connectivity index (χ1) is 14.7. The molecule has 0 amide bonds. The first-order valence-electron chi connectivity index (χ1n) is 9.65. The van der Waals surface area contributed by atoms with Crippen molar-refractivity contribution in [1.29, 1.82) is 5.26 Å². The van der Waals surface area contributed by atoms with Gasteiger partial charge in [0.1, 0.15) is 5.75 Å². The zero-order valence-electron chi connectivity index (χ0n) is 16.1. The molecule has 2 aromatic carbocycles. The summed E-state index contributed by atoms with van der Waals surface area (Å²) in [7, 11) is 0. The standard InChI is InChI=1S/C22H18N6O2/c23-10-14-3-1-4-19-20(14)21-17(12-25-28(21)7-2-8-30-19)13-5-6-15-16(9-13)18(11-24)26-27-22(15)29/h1,3-6,9,12H,2,7-8,11,24H2,(H,27,29). The van der Waals surface area contributed by atoms with E-state index >= 15 is 0 Å². The molecule has 0 atom stereocenters. The second kappa shape index (κ2) is 7.13. The number of nitrogens with two attached hydrogens (primary N) is 1. The number of rotatable bonds is 2. The fourth-order valence-electron chi connectivity index (χ4n) is 3.96. The Morgan fingerprint density at radius 1 is 1.27 bits per heavy atom. The van der Waals surface area contributed by atoms with Gasteiger partial charge in [-0.25, -0.2) is 5.10 Å². The minimum Gasteiger partial charge on any atom is -0.493 e. The van der Waals surface area contributed by atoms with Crippen LogP contribution in [0.3, 0.4) is 0 Å². The Balaban J connectivity index is 1.80. The molecule has 5 rings (SSSR count). The molecule has 0 radical (unpaired) electrons. The molecule has 8 nitrogen and oxygen atoms in total. The van der Waals surface area contributed by atoms with Gasteiger partial charge in [-0.2, -0.15) is 15.5 Å². The van der Waals surface area contributed by atoms with Crippen LogP contribution in [0.4, 0.5) is 0 Å². The summed E-state index contributed by atoms with van der Waals surface area (Å²) in [4.78, 5) is 12.2. The molecule has 0 aliphatic carbocycles. The fourth-order valence-corrected chi connectivity index (χ4v) is 3.96. The lowest BCUT2D eigenvalue weighted by atomic mass is 9.95. The van der Waals surface area contributed by atoms with Gasteiger partial charge in [0.2, 0.25) is 0 Å². The number of nitriles is 1. The van der Waals surface area contributed by atoms with E-state index in [-0.39, 0.29) is 12.1 Å². The molecule has 2 aromatic heterocycles. The summed E-state index contributed by atoms with van der Waals surface area (Å²) < 4.78 is 7.86. The molecule has 0 fully saturated rings. The molecular formula is C22H18N6O2. The second-order valence-electron chi connectivity index (χ2n) is 7.09. The summed E-state index contributed by atoms with van der Waals surface area (Å²) in [5, 5.41) is 22.1. The summed E-state index contributed by atoms with van der Waals surface area (Å²) in [5.74, 6) is 0.665. The van der Waals surface area contributed by atoms with Gasteiger partial charge in [-0.15, -0.1) is 0 Å². The number of aromatic amines is 1. The monoisotopic (exact) mass is 398 g/mol. The van der Waals surface area contributed by atoms with E-state index in [0.29, 0.717) is 40.9 Å². The van der Waals surface area contributed by atoms with Crippen molar-refractivity contribution in [3.63, 3.8) is 0 Å². The summed E-state index contributed by atoms with van der Waals surface area (Å²) >= 11 is 0. The van der Waals surface area contributed by atoms with Crippen molar-refractivity contribution in [2.75, 3.05) is 6.61 Å². The smallest absolute Gasteiger partial charge is 0.272 e. The van der Waals surface area contributed by atoms with Gasteiger partial charge in [0, 0.05) is 30.5 Å². The minimum absolute atomic E-state index is 0.206. The highest BCUT2D eigenvalue weighted by molar-refractivity contribution is 5.92. The zero-order chi connectivity index (χ0) is 20.7. The first kappa shape index (κ1) is 18.1. The normalized spacial score (nSPS) is 12.9. The lowest BCUT2D eigenvalue weighted by Gasteiger charge is -2.19. The van der Waals surface area contributed by atoms with E-state index in [9.17, 15) is 10.1 Å². The number of fused-ring (bicyclic) bond motifs is 4. The molecule has 0 unspecified atom stereocenters. The molecule has 30 heavy (non-hydrogen) atoms. The van der Waals surface area contributed by atoms with Crippen LogP contribution < -0.4 is 16.0 Å². The Labute approximate surface area is 171 Å². The van der Waals surface area contributed by atoms with Crippen LogP contribution in [0.2, 0.25) is 0 Å². The van der Waals surface area contributed by atoms with E-state index in [4.69, 9.17) is 10.5 Å². The lowest BCUT2D eigenvalue weighted by molar-refractivity contribution is 0.295. The lowest BCUT2D eigenvalue weighted by Crippen LogP contribution is -2.13. The SMILES string of the molecule is N#Cc1cccc2c1-c1c(-c3ccc4c(=O)[nH]nc(CN)c4c3)cnn1CCCO2. The molecule has 0 saturated heterocycles. The molecule has 1 aliphatic heterocycles. The molecule has 148 valence electrons. The van der Waals surface area contributed by atoms with Gasteiger partial charge in [-0.05, 0) is 29.8 Å². The molecular weight excluding hydrogens is 380 g/mol. The third kappa shape index (κ3) is 2.76. The summed E-state index contributed by atoms with van der Waals surface area (Å²) in [5.41, 5.74) is 9.99. The van der Waals surface area contributed by atoms with Crippen LogP contribution in [0.5, 0.6) is 5.75 Å². The van der Waals surface area contributed by atoms with E-state index in [1.165, 1.54) is 0 Å². The summed E-state index contributed by atoms with van der Waals surface area (Å²) in [6.07, 6.45) is 2.60. The molecule has 0 bridgehead atoms. The van der Waals surface area contributed by atoms with Crippen molar-refractivity contribution in [3.05, 3.63) is 64.2 Å². The number of hydrogen-bond acceptors (Lipinski definition) is 6. The Hall–Kier alpha value is -3.96. The van der Waals surface area contributed by atoms with Crippen molar-refractivity contribution >= 4 is 10.8 Å². The van der Waals surface area contributed by atoms with Crippen molar-refractivity contribution in [2.45, 2.75) is 19.5 Å². The van der Waals surface area contributed by atoms with Crippen LogP contribution in [-0.2, 0) is 13.1 Å². The third-order valence-electron chi connectivity index (χ3n) is 5.37. The molecule has 0 saturated carbocycles. The third-order valence-corrected chi connectivity index (χ3v) is 5.37. The number of hydrogen-bond donors (Lipinski definition) is 2. The minimum atomic E-state index is -0.260. The number of nitrogens with zero attached hydrogens (tertiary/aromatic N) is 4. The van der Waals surface area contributed by atoms with Crippen LogP contribution in [0.15, 0.2) is 47.4 Å². The predicted octanol–water partition coefficient (Wildman–Crippen LogP) is 2.57. The fraction of sp³-hybridized carbons (Fsp3) is 0.182. The van der Waals surface area contributed by atoms with Crippen LogP contribution >= 0.6 is 0 Å². The number of benzene rings is 2. The highest BCUT2D eigenvalue weighted by Crippen LogP contribution is 2.41. The van der Waals surface area contributed by atoms with E-state index in [1.54, 1.807) is 18.3 Å². The van der Waals surface area contributed by atoms with Gasteiger partial charge in [-0.1, -0.05) is 12.1 Å². The van der Waals surface area contributed by atoms with Crippen LogP contribution in [-0.4, -0.2) is 26.6 Å². The zero-order valence-corrected chi connectivity index (χ0v) is 16.1. The van der Waals surface area contributed by atoms with Crippen LogP contribution in [0.1, 0.15) is 17.7 Å². The van der Waals surface area contributed by atoms with Crippen molar-refractivity contribution < 1.29 is 4.74 Å². The average Bonchev–Trinajstić information content (AvgIpc) is 3.17. The number of nitrogens with one attached hydrogen (secondary N) is 1. The largest absolute Gasteiger partial charge is 0.493 e. The number of H-pyrrole nitrogens is 1. The van der Waals surface area contributed by atoms with Crippen molar-refractivity contribution in [3.8, 4) is 34.2 Å². The molecule has 3 N–H and O–H groups in total. The Morgan fingerprint density at radius 3 is 3.00 bits per heavy atom. The van der Waals surface area contributed by atoms with Crippen molar-refractivity contribution in [1.82, 2.24) is 20.0 Å². The van der Waals surface area contributed by atoms with Gasteiger partial charge in [0.15, 0.2) is 0 Å². The van der Waals surface area contributed by atoms with Crippen molar-refractivity contribution in [2.24, 2.45) is 5.73 Å². The van der Waals surface area contributed by atoms with Gasteiger partial charge in [0.05, 0.1) is 46.8 Å². The van der Waals surface area contributed by atoms with Gasteiger partial charge in [0.25, 0.3) is 5.56 Å². The molecule has 1 aliphatic rings. The average molecular weight is 398 g/mol. The first-order valence-corrected chi connectivity index (χ1v) is 9.65. The van der Waals surface area contributed by atoms with E-state index < -0.39 is 0 Å². The van der Waals surface area contributed by atoms with E-state index in [0.717, 1.165) is 28.8 Å². The number of aryl methyl sites for hydroxylation is 1. The Morgan fingerprint density at radius 2 is 2.17 bits per heavy atom. The van der Waals surface area contributed by atoms with Crippen LogP contribution in [0, 0.1) is 11.3 Å². The van der Waals surface area contributed by atoms with Crippen LogP contribution in [0.25, 0.3) is 33.2 Å².